The zero-order chi connectivity index (χ0) is 12.7. The highest BCUT2D eigenvalue weighted by atomic mass is 19.1. The van der Waals surface area contributed by atoms with Gasteiger partial charge in [0, 0.05) is 6.04 Å². The summed E-state index contributed by atoms with van der Waals surface area (Å²) in [5, 5.41) is 3.50. The van der Waals surface area contributed by atoms with Crippen molar-refractivity contribution < 1.29 is 4.39 Å². The summed E-state index contributed by atoms with van der Waals surface area (Å²) in [6.07, 6.45) is 5.01. The lowest BCUT2D eigenvalue weighted by atomic mass is 10.00. The fourth-order valence-corrected chi connectivity index (χ4v) is 1.87. The number of aryl methyl sites for hydroxylation is 1. The van der Waals surface area contributed by atoms with E-state index in [-0.39, 0.29) is 5.82 Å². The van der Waals surface area contributed by atoms with Crippen molar-refractivity contribution in [3.63, 3.8) is 0 Å². The summed E-state index contributed by atoms with van der Waals surface area (Å²) in [6.45, 7) is 8.69. The predicted octanol–water partition coefficient (Wildman–Crippen LogP) is 4.14. The molecule has 1 aromatic carbocycles. The summed E-state index contributed by atoms with van der Waals surface area (Å²) in [6, 6.07) is 5.66. The van der Waals surface area contributed by atoms with Gasteiger partial charge in [-0.1, -0.05) is 25.1 Å². The number of hydrogen-bond acceptors (Lipinski definition) is 1. The zero-order valence-corrected chi connectivity index (χ0v) is 10.8. The molecule has 0 saturated heterocycles. The van der Waals surface area contributed by atoms with Crippen LogP contribution in [-0.4, -0.2) is 6.54 Å². The fraction of sp³-hybridized carbons (Fsp3) is 0.467. The van der Waals surface area contributed by atoms with E-state index < -0.39 is 0 Å². The molecule has 0 spiro atoms. The number of allylic oxidation sites excluding steroid dienone is 1. The molecule has 94 valence electrons. The Morgan fingerprint density at radius 2 is 2.24 bits per heavy atom. The molecule has 0 fully saturated rings. The van der Waals surface area contributed by atoms with Crippen LogP contribution >= 0.6 is 0 Å². The molecule has 0 aliphatic rings. The first-order valence-corrected chi connectivity index (χ1v) is 6.29. The van der Waals surface area contributed by atoms with Crippen LogP contribution in [-0.2, 0) is 0 Å². The largest absolute Gasteiger partial charge is 0.310 e. The monoisotopic (exact) mass is 235 g/mol. The molecule has 0 aliphatic carbocycles. The molecule has 0 bridgehead atoms. The van der Waals surface area contributed by atoms with Gasteiger partial charge in [-0.3, -0.25) is 0 Å². The van der Waals surface area contributed by atoms with Gasteiger partial charge in [-0.25, -0.2) is 4.39 Å². The topological polar surface area (TPSA) is 12.0 Å². The second-order valence-electron chi connectivity index (χ2n) is 4.38. The summed E-state index contributed by atoms with van der Waals surface area (Å²) in [4.78, 5) is 0. The molecular weight excluding hydrogens is 213 g/mol. The normalized spacial score (nSPS) is 12.4. The molecule has 0 aromatic heterocycles. The molecule has 0 heterocycles. The van der Waals surface area contributed by atoms with Crippen molar-refractivity contribution in [2.24, 2.45) is 0 Å². The predicted molar refractivity (Wildman–Crippen MR) is 71.6 cm³/mol. The maximum absolute atomic E-state index is 13.2. The van der Waals surface area contributed by atoms with E-state index in [0.29, 0.717) is 11.6 Å². The smallest absolute Gasteiger partial charge is 0.126 e. The van der Waals surface area contributed by atoms with Gasteiger partial charge in [0.15, 0.2) is 0 Å². The van der Waals surface area contributed by atoms with Crippen LogP contribution in [0.25, 0.3) is 0 Å². The van der Waals surface area contributed by atoms with Gasteiger partial charge in [-0.05, 0) is 49.9 Å². The van der Waals surface area contributed by atoms with E-state index in [0.717, 1.165) is 25.8 Å². The van der Waals surface area contributed by atoms with Gasteiger partial charge in [0.2, 0.25) is 0 Å². The standard InChI is InChI=1S/C15H22FN/c1-4-6-7-15(17-10-5-2)13-8-9-14(16)12(3)11-13/h4,8-9,11,15,17H,1,5-7,10H2,2-3H3. The van der Waals surface area contributed by atoms with Gasteiger partial charge in [-0.2, -0.15) is 0 Å². The second-order valence-corrected chi connectivity index (χ2v) is 4.38. The minimum atomic E-state index is -0.133. The van der Waals surface area contributed by atoms with Crippen molar-refractivity contribution in [2.75, 3.05) is 6.54 Å². The van der Waals surface area contributed by atoms with Crippen molar-refractivity contribution in [2.45, 2.75) is 39.2 Å². The highest BCUT2D eigenvalue weighted by Crippen LogP contribution is 2.21. The molecule has 17 heavy (non-hydrogen) atoms. The minimum absolute atomic E-state index is 0.133. The number of halogens is 1. The van der Waals surface area contributed by atoms with Crippen LogP contribution in [0.2, 0.25) is 0 Å². The van der Waals surface area contributed by atoms with Crippen LogP contribution in [0.3, 0.4) is 0 Å². The van der Waals surface area contributed by atoms with E-state index in [1.807, 2.05) is 25.1 Å². The molecular formula is C15H22FN. The Morgan fingerprint density at radius 3 is 2.82 bits per heavy atom. The Bertz CT molecular complexity index is 360. The average Bonchev–Trinajstić information content (AvgIpc) is 2.33. The van der Waals surface area contributed by atoms with E-state index in [2.05, 4.69) is 18.8 Å². The van der Waals surface area contributed by atoms with Gasteiger partial charge < -0.3 is 5.32 Å². The third-order valence-corrected chi connectivity index (χ3v) is 2.88. The van der Waals surface area contributed by atoms with Crippen molar-refractivity contribution in [1.29, 1.82) is 0 Å². The number of hydrogen-bond donors (Lipinski definition) is 1. The van der Waals surface area contributed by atoms with Gasteiger partial charge >= 0.3 is 0 Å². The van der Waals surface area contributed by atoms with E-state index in [4.69, 9.17) is 0 Å². The summed E-state index contributed by atoms with van der Waals surface area (Å²) < 4.78 is 13.2. The Morgan fingerprint density at radius 1 is 1.47 bits per heavy atom. The van der Waals surface area contributed by atoms with Crippen LogP contribution < -0.4 is 5.32 Å². The molecule has 0 radical (unpaired) electrons. The first-order valence-electron chi connectivity index (χ1n) is 6.29. The Hall–Kier alpha value is -1.15. The Kier molecular flexibility index (Phi) is 5.92. The quantitative estimate of drug-likeness (QED) is 0.700. The van der Waals surface area contributed by atoms with Crippen molar-refractivity contribution >= 4 is 0 Å². The lowest BCUT2D eigenvalue weighted by Gasteiger charge is -2.19. The maximum Gasteiger partial charge on any atom is 0.126 e. The van der Waals surface area contributed by atoms with Gasteiger partial charge in [-0.15, -0.1) is 6.58 Å². The Labute approximate surface area is 104 Å². The first-order chi connectivity index (χ1) is 8.19. The lowest BCUT2D eigenvalue weighted by molar-refractivity contribution is 0.501. The molecule has 0 amide bonds. The molecule has 0 saturated carbocycles. The molecule has 0 aliphatic heterocycles. The summed E-state index contributed by atoms with van der Waals surface area (Å²) in [5.74, 6) is -0.133. The maximum atomic E-state index is 13.2. The first kappa shape index (κ1) is 13.9. The molecule has 1 nitrogen and oxygen atoms in total. The van der Waals surface area contributed by atoms with E-state index in [1.165, 1.54) is 5.56 Å². The third-order valence-electron chi connectivity index (χ3n) is 2.88. The minimum Gasteiger partial charge on any atom is -0.310 e. The third kappa shape index (κ3) is 4.31. The van der Waals surface area contributed by atoms with Crippen LogP contribution in [0.1, 0.15) is 43.4 Å². The van der Waals surface area contributed by atoms with E-state index in [1.54, 1.807) is 6.07 Å². The van der Waals surface area contributed by atoms with Crippen molar-refractivity contribution in [1.82, 2.24) is 5.32 Å². The van der Waals surface area contributed by atoms with Gasteiger partial charge in [0.25, 0.3) is 0 Å². The van der Waals surface area contributed by atoms with E-state index >= 15 is 0 Å². The molecule has 1 atom stereocenters. The van der Waals surface area contributed by atoms with Crippen LogP contribution in [0.4, 0.5) is 4.39 Å². The van der Waals surface area contributed by atoms with Crippen LogP contribution in [0, 0.1) is 12.7 Å². The average molecular weight is 235 g/mol. The van der Waals surface area contributed by atoms with Gasteiger partial charge in [0.1, 0.15) is 5.82 Å². The summed E-state index contributed by atoms with van der Waals surface area (Å²) in [7, 11) is 0. The molecule has 1 rings (SSSR count). The number of benzene rings is 1. The van der Waals surface area contributed by atoms with E-state index in [9.17, 15) is 4.39 Å². The number of nitrogens with one attached hydrogen (secondary N) is 1. The van der Waals surface area contributed by atoms with Crippen molar-refractivity contribution in [3.05, 3.63) is 47.8 Å². The van der Waals surface area contributed by atoms with Crippen LogP contribution in [0.5, 0.6) is 0 Å². The van der Waals surface area contributed by atoms with Gasteiger partial charge in [0.05, 0.1) is 0 Å². The number of rotatable bonds is 7. The molecule has 1 aromatic rings. The van der Waals surface area contributed by atoms with Crippen molar-refractivity contribution in [3.8, 4) is 0 Å². The second kappa shape index (κ2) is 7.23. The Balaban J connectivity index is 2.78. The summed E-state index contributed by atoms with van der Waals surface area (Å²) in [5.41, 5.74) is 1.88. The SMILES string of the molecule is C=CCCC(NCCC)c1ccc(F)c(C)c1. The highest BCUT2D eigenvalue weighted by molar-refractivity contribution is 5.26. The lowest BCUT2D eigenvalue weighted by Crippen LogP contribution is -2.22. The highest BCUT2D eigenvalue weighted by Gasteiger charge is 2.10. The molecule has 2 heteroatoms. The zero-order valence-electron chi connectivity index (χ0n) is 10.8. The fourth-order valence-electron chi connectivity index (χ4n) is 1.87. The molecule has 1 N–H and O–H groups in total. The molecule has 1 unspecified atom stereocenters. The summed E-state index contributed by atoms with van der Waals surface area (Å²) >= 11 is 0. The van der Waals surface area contributed by atoms with Crippen LogP contribution in [0.15, 0.2) is 30.9 Å².